The van der Waals surface area contributed by atoms with Crippen LogP contribution in [0.4, 0.5) is 5.69 Å². The highest BCUT2D eigenvalue weighted by atomic mass is 32.2. The third-order valence-electron chi connectivity index (χ3n) is 3.81. The van der Waals surface area contributed by atoms with Crippen molar-refractivity contribution < 1.29 is 17.9 Å². The van der Waals surface area contributed by atoms with Gasteiger partial charge in [0, 0.05) is 31.4 Å². The quantitative estimate of drug-likeness (QED) is 0.764. The van der Waals surface area contributed by atoms with Gasteiger partial charge < -0.3 is 10.1 Å². The first-order valence-electron chi connectivity index (χ1n) is 7.83. The van der Waals surface area contributed by atoms with Gasteiger partial charge in [-0.15, -0.1) is 0 Å². The van der Waals surface area contributed by atoms with Crippen molar-refractivity contribution in [1.82, 2.24) is 5.32 Å². The number of benzene rings is 1. The first-order chi connectivity index (χ1) is 10.8. The molecule has 1 heterocycles. The van der Waals surface area contributed by atoms with Gasteiger partial charge in [-0.3, -0.25) is 9.10 Å². The molecule has 1 aromatic rings. The number of hydrogen-bond donors (Lipinski definition) is 1. The molecule has 0 saturated carbocycles. The largest absolute Gasteiger partial charge is 0.382 e. The first kappa shape index (κ1) is 17.7. The van der Waals surface area contributed by atoms with E-state index in [1.807, 2.05) is 13.8 Å². The molecule has 0 aromatic heterocycles. The van der Waals surface area contributed by atoms with Crippen molar-refractivity contribution in [2.75, 3.05) is 30.3 Å². The molecular formula is C16H24N2O4S. The van der Waals surface area contributed by atoms with E-state index in [1.54, 1.807) is 18.2 Å². The van der Waals surface area contributed by atoms with Gasteiger partial charge in [0.1, 0.15) is 0 Å². The maximum absolute atomic E-state index is 12.2. The zero-order chi connectivity index (χ0) is 17.0. The number of carbonyl (C=O) groups is 1. The van der Waals surface area contributed by atoms with Crippen LogP contribution in [0.3, 0.4) is 0 Å². The van der Waals surface area contributed by atoms with Crippen LogP contribution in [0.25, 0.3) is 0 Å². The van der Waals surface area contributed by atoms with Crippen molar-refractivity contribution in [2.24, 2.45) is 0 Å². The van der Waals surface area contributed by atoms with Crippen LogP contribution in [0.2, 0.25) is 0 Å². The Morgan fingerprint density at radius 1 is 1.43 bits per heavy atom. The van der Waals surface area contributed by atoms with Crippen molar-refractivity contribution in [3.63, 3.8) is 0 Å². The second-order valence-electron chi connectivity index (χ2n) is 5.76. The summed E-state index contributed by atoms with van der Waals surface area (Å²) in [5, 5.41) is 2.85. The smallest absolute Gasteiger partial charge is 0.251 e. The minimum absolute atomic E-state index is 0.121. The highest BCUT2D eigenvalue weighted by Crippen LogP contribution is 2.34. The van der Waals surface area contributed by atoms with Gasteiger partial charge in [0.25, 0.3) is 5.91 Å². The summed E-state index contributed by atoms with van der Waals surface area (Å²) in [5.41, 5.74) is 2.13. The third kappa shape index (κ3) is 4.23. The van der Waals surface area contributed by atoms with Crippen molar-refractivity contribution in [3.8, 4) is 0 Å². The average Bonchev–Trinajstić information content (AvgIpc) is 2.81. The monoisotopic (exact) mass is 340 g/mol. The summed E-state index contributed by atoms with van der Waals surface area (Å²) in [6.07, 6.45) is 2.59. The van der Waals surface area contributed by atoms with Crippen LogP contribution in [0.15, 0.2) is 18.2 Å². The molecular weight excluding hydrogens is 316 g/mol. The van der Waals surface area contributed by atoms with Crippen LogP contribution in [-0.2, 0) is 21.2 Å². The van der Waals surface area contributed by atoms with E-state index in [0.29, 0.717) is 37.4 Å². The second-order valence-corrected chi connectivity index (χ2v) is 7.62. The van der Waals surface area contributed by atoms with E-state index in [-0.39, 0.29) is 11.9 Å². The fourth-order valence-electron chi connectivity index (χ4n) is 2.87. The Morgan fingerprint density at radius 2 is 2.17 bits per heavy atom. The van der Waals surface area contributed by atoms with Crippen LogP contribution in [0.5, 0.6) is 0 Å². The minimum atomic E-state index is -3.30. The molecule has 2 rings (SSSR count). The standard InChI is InChI=1S/C16H24N2O4S/c1-4-22-9-5-8-17-16(19)13-6-7-15-14(11-13)10-12(2)18(15)23(3,20)21/h6-7,11-12H,4-5,8-10H2,1-3H3,(H,17,19)/t12-/m0/s1. The first-order valence-corrected chi connectivity index (χ1v) is 9.67. The molecule has 23 heavy (non-hydrogen) atoms. The van der Waals surface area contributed by atoms with E-state index < -0.39 is 10.0 Å². The number of amides is 1. The fourth-order valence-corrected chi connectivity index (χ4v) is 4.14. The lowest BCUT2D eigenvalue weighted by Crippen LogP contribution is -2.34. The Kier molecular flexibility index (Phi) is 5.64. The summed E-state index contributed by atoms with van der Waals surface area (Å²) in [6.45, 7) is 5.66. The summed E-state index contributed by atoms with van der Waals surface area (Å²) in [7, 11) is -3.30. The Morgan fingerprint density at radius 3 is 2.83 bits per heavy atom. The molecule has 1 aromatic carbocycles. The van der Waals surface area contributed by atoms with Crippen molar-refractivity contribution >= 4 is 21.6 Å². The molecule has 1 aliphatic rings. The van der Waals surface area contributed by atoms with Crippen LogP contribution in [0.1, 0.15) is 36.2 Å². The number of anilines is 1. The number of sulfonamides is 1. The highest BCUT2D eigenvalue weighted by molar-refractivity contribution is 7.92. The number of carbonyl (C=O) groups excluding carboxylic acids is 1. The lowest BCUT2D eigenvalue weighted by Gasteiger charge is -2.21. The molecule has 1 aliphatic heterocycles. The van der Waals surface area contributed by atoms with E-state index in [9.17, 15) is 13.2 Å². The lowest BCUT2D eigenvalue weighted by atomic mass is 10.1. The molecule has 6 nitrogen and oxygen atoms in total. The van der Waals surface area contributed by atoms with E-state index in [1.165, 1.54) is 10.6 Å². The van der Waals surface area contributed by atoms with Gasteiger partial charge in [-0.2, -0.15) is 0 Å². The zero-order valence-corrected chi connectivity index (χ0v) is 14.6. The Labute approximate surface area is 137 Å². The molecule has 0 fully saturated rings. The van der Waals surface area contributed by atoms with E-state index in [4.69, 9.17) is 4.74 Å². The molecule has 0 bridgehead atoms. The maximum Gasteiger partial charge on any atom is 0.251 e. The van der Waals surface area contributed by atoms with Crippen molar-refractivity contribution in [1.29, 1.82) is 0 Å². The van der Waals surface area contributed by atoms with Gasteiger partial charge in [-0.1, -0.05) is 0 Å². The molecule has 1 atom stereocenters. The number of nitrogens with zero attached hydrogens (tertiary/aromatic N) is 1. The molecule has 0 saturated heterocycles. The Bertz CT molecular complexity index is 673. The van der Waals surface area contributed by atoms with Crippen LogP contribution in [-0.4, -0.2) is 46.4 Å². The SMILES string of the molecule is CCOCCCNC(=O)c1ccc2c(c1)C[C@H](C)N2S(C)(=O)=O. The summed E-state index contributed by atoms with van der Waals surface area (Å²) in [5.74, 6) is -0.144. The fraction of sp³-hybridized carbons (Fsp3) is 0.562. The highest BCUT2D eigenvalue weighted by Gasteiger charge is 2.32. The molecule has 0 spiro atoms. The molecule has 128 valence electrons. The van der Waals surface area contributed by atoms with Crippen LogP contribution < -0.4 is 9.62 Å². The van der Waals surface area contributed by atoms with Gasteiger partial charge in [0.05, 0.1) is 11.9 Å². The van der Waals surface area contributed by atoms with Crippen LogP contribution >= 0.6 is 0 Å². The topological polar surface area (TPSA) is 75.7 Å². The predicted molar refractivity (Wildman–Crippen MR) is 90.4 cm³/mol. The Balaban J connectivity index is 2.05. The number of hydrogen-bond acceptors (Lipinski definition) is 4. The molecule has 7 heteroatoms. The number of ether oxygens (including phenoxy) is 1. The van der Waals surface area contributed by atoms with Gasteiger partial charge >= 0.3 is 0 Å². The van der Waals surface area contributed by atoms with Gasteiger partial charge in [-0.05, 0) is 50.5 Å². The van der Waals surface area contributed by atoms with Gasteiger partial charge in [0.15, 0.2) is 0 Å². The molecule has 0 radical (unpaired) electrons. The molecule has 0 unspecified atom stereocenters. The molecule has 1 amide bonds. The second kappa shape index (κ2) is 7.31. The van der Waals surface area contributed by atoms with Crippen LogP contribution in [0, 0.1) is 0 Å². The van der Waals surface area contributed by atoms with Crippen molar-refractivity contribution in [2.45, 2.75) is 32.7 Å². The Hall–Kier alpha value is -1.60. The van der Waals surface area contributed by atoms with Gasteiger partial charge in [-0.25, -0.2) is 8.42 Å². The maximum atomic E-state index is 12.2. The molecule has 0 aliphatic carbocycles. The van der Waals surface area contributed by atoms with Gasteiger partial charge in [0.2, 0.25) is 10.0 Å². The lowest BCUT2D eigenvalue weighted by molar-refractivity contribution is 0.0944. The van der Waals surface area contributed by atoms with E-state index >= 15 is 0 Å². The van der Waals surface area contributed by atoms with E-state index in [0.717, 1.165) is 12.0 Å². The summed E-state index contributed by atoms with van der Waals surface area (Å²) < 4.78 is 30.4. The van der Waals surface area contributed by atoms with E-state index in [2.05, 4.69) is 5.32 Å². The number of nitrogens with one attached hydrogen (secondary N) is 1. The minimum Gasteiger partial charge on any atom is -0.382 e. The number of rotatable bonds is 7. The molecule has 1 N–H and O–H groups in total. The summed E-state index contributed by atoms with van der Waals surface area (Å²) in [4.78, 5) is 12.2. The normalized spacial score (nSPS) is 17.2. The summed E-state index contributed by atoms with van der Waals surface area (Å²) >= 11 is 0. The third-order valence-corrected chi connectivity index (χ3v) is 5.08. The predicted octanol–water partition coefficient (Wildman–Crippen LogP) is 1.55. The number of fused-ring (bicyclic) bond motifs is 1. The zero-order valence-electron chi connectivity index (χ0n) is 13.8. The van der Waals surface area contributed by atoms with Crippen molar-refractivity contribution in [3.05, 3.63) is 29.3 Å². The summed E-state index contributed by atoms with van der Waals surface area (Å²) in [6, 6.07) is 5.06. The average molecular weight is 340 g/mol.